The Morgan fingerprint density at radius 2 is 1.94 bits per heavy atom. The van der Waals surface area contributed by atoms with Crippen LogP contribution in [0.5, 0.6) is 0 Å². The number of allylic oxidation sites excluding steroid dienone is 1. The number of halogens is 1. The number of sulfone groups is 1. The zero-order chi connectivity index (χ0) is 12.6. The number of benzene rings is 1. The summed E-state index contributed by atoms with van der Waals surface area (Å²) in [6.07, 6.45) is 1.75. The minimum atomic E-state index is -3.69. The molecule has 1 aromatic rings. The SMILES string of the molecule is O=C(O)C=CC1=C(Cl)c2ccccc2S1(=O)=O. The van der Waals surface area contributed by atoms with Gasteiger partial charge in [-0.1, -0.05) is 29.8 Å². The molecule has 6 heteroatoms. The Hall–Kier alpha value is -1.59. The second kappa shape index (κ2) is 4.01. The first-order chi connectivity index (χ1) is 7.94. The molecule has 0 saturated carbocycles. The highest BCUT2D eigenvalue weighted by atomic mass is 35.5. The molecule has 1 aliphatic heterocycles. The van der Waals surface area contributed by atoms with Crippen LogP contribution in [0.4, 0.5) is 0 Å². The van der Waals surface area contributed by atoms with Crippen molar-refractivity contribution in [2.45, 2.75) is 4.90 Å². The molecule has 1 aromatic carbocycles. The Balaban J connectivity index is 2.64. The lowest BCUT2D eigenvalue weighted by Gasteiger charge is -1.97. The fourth-order valence-corrected chi connectivity index (χ4v) is 3.70. The standard InChI is InChI=1S/C11H7ClO4S/c12-11-7-3-1-2-4-8(7)17(15,16)9(11)5-6-10(13)14/h1-6H,(H,13,14). The second-order valence-corrected chi connectivity index (χ2v) is 5.61. The summed E-state index contributed by atoms with van der Waals surface area (Å²) in [6.45, 7) is 0. The Morgan fingerprint density at radius 1 is 1.29 bits per heavy atom. The predicted molar refractivity (Wildman–Crippen MR) is 63.2 cm³/mol. The van der Waals surface area contributed by atoms with Crippen molar-refractivity contribution in [3.8, 4) is 0 Å². The molecular weight excluding hydrogens is 264 g/mol. The summed E-state index contributed by atoms with van der Waals surface area (Å²) in [7, 11) is -3.69. The van der Waals surface area contributed by atoms with Crippen LogP contribution in [0.3, 0.4) is 0 Å². The lowest BCUT2D eigenvalue weighted by Crippen LogP contribution is -1.99. The molecule has 0 aromatic heterocycles. The monoisotopic (exact) mass is 270 g/mol. The highest BCUT2D eigenvalue weighted by molar-refractivity contribution is 7.96. The van der Waals surface area contributed by atoms with Crippen molar-refractivity contribution in [3.63, 3.8) is 0 Å². The Labute approximate surface area is 103 Å². The van der Waals surface area contributed by atoms with E-state index >= 15 is 0 Å². The van der Waals surface area contributed by atoms with Crippen LogP contribution < -0.4 is 0 Å². The minimum Gasteiger partial charge on any atom is -0.478 e. The molecule has 0 spiro atoms. The quantitative estimate of drug-likeness (QED) is 0.835. The third-order valence-corrected chi connectivity index (χ3v) is 4.67. The van der Waals surface area contributed by atoms with Gasteiger partial charge in [-0.05, 0) is 12.1 Å². The molecule has 1 heterocycles. The lowest BCUT2D eigenvalue weighted by atomic mass is 10.2. The Bertz CT molecular complexity index is 656. The zero-order valence-electron chi connectivity index (χ0n) is 8.42. The largest absolute Gasteiger partial charge is 0.478 e. The molecule has 0 amide bonds. The van der Waals surface area contributed by atoms with E-state index in [1.54, 1.807) is 18.2 Å². The average molecular weight is 271 g/mol. The molecule has 0 bridgehead atoms. The number of fused-ring (bicyclic) bond motifs is 1. The van der Waals surface area contributed by atoms with Gasteiger partial charge in [-0.25, -0.2) is 13.2 Å². The maximum Gasteiger partial charge on any atom is 0.328 e. The molecule has 17 heavy (non-hydrogen) atoms. The second-order valence-electron chi connectivity index (χ2n) is 3.35. The van der Waals surface area contributed by atoms with E-state index in [0.29, 0.717) is 5.56 Å². The van der Waals surface area contributed by atoms with E-state index in [9.17, 15) is 13.2 Å². The van der Waals surface area contributed by atoms with E-state index < -0.39 is 15.8 Å². The molecular formula is C11H7ClO4S. The van der Waals surface area contributed by atoms with Gasteiger partial charge in [0.15, 0.2) is 0 Å². The lowest BCUT2D eigenvalue weighted by molar-refractivity contribution is -0.131. The van der Waals surface area contributed by atoms with E-state index in [1.807, 2.05) is 0 Å². The molecule has 0 saturated heterocycles. The fraction of sp³-hybridized carbons (Fsp3) is 0. The molecule has 1 aliphatic rings. The van der Waals surface area contributed by atoms with Crippen molar-refractivity contribution in [2.24, 2.45) is 0 Å². The normalized spacial score (nSPS) is 17.5. The molecule has 1 N–H and O–H groups in total. The number of hydrogen-bond acceptors (Lipinski definition) is 3. The number of aliphatic carboxylic acids is 1. The number of hydrogen-bond donors (Lipinski definition) is 1. The maximum atomic E-state index is 12.0. The van der Waals surface area contributed by atoms with Gasteiger partial charge in [0.1, 0.15) is 0 Å². The van der Waals surface area contributed by atoms with Crippen molar-refractivity contribution < 1.29 is 18.3 Å². The van der Waals surface area contributed by atoms with Gasteiger partial charge in [-0.15, -0.1) is 0 Å². The summed E-state index contributed by atoms with van der Waals surface area (Å²) in [5.41, 5.74) is 0.402. The van der Waals surface area contributed by atoms with Gasteiger partial charge in [0.05, 0.1) is 14.8 Å². The summed E-state index contributed by atoms with van der Waals surface area (Å²) in [5, 5.41) is 8.55. The van der Waals surface area contributed by atoms with Crippen molar-refractivity contribution in [1.82, 2.24) is 0 Å². The van der Waals surface area contributed by atoms with Crippen LogP contribution in [0.1, 0.15) is 5.56 Å². The summed E-state index contributed by atoms with van der Waals surface area (Å²) in [5.74, 6) is -1.23. The fourth-order valence-electron chi connectivity index (χ4n) is 1.56. The summed E-state index contributed by atoms with van der Waals surface area (Å²) in [4.78, 5) is 10.3. The summed E-state index contributed by atoms with van der Waals surface area (Å²) < 4.78 is 24.0. The van der Waals surface area contributed by atoms with Gasteiger partial charge in [0.2, 0.25) is 9.84 Å². The van der Waals surface area contributed by atoms with Crippen molar-refractivity contribution in [3.05, 3.63) is 46.9 Å². The van der Waals surface area contributed by atoms with Crippen molar-refractivity contribution in [1.29, 1.82) is 0 Å². The summed E-state index contributed by atoms with van der Waals surface area (Å²) >= 11 is 5.93. The number of carboxylic acids is 1. The van der Waals surface area contributed by atoms with Crippen LogP contribution in [0.25, 0.3) is 5.03 Å². The van der Waals surface area contributed by atoms with E-state index in [-0.39, 0.29) is 14.8 Å². The van der Waals surface area contributed by atoms with Crippen LogP contribution in [0.2, 0.25) is 0 Å². The van der Waals surface area contributed by atoms with Gasteiger partial charge in [0.25, 0.3) is 0 Å². The van der Waals surface area contributed by atoms with Gasteiger partial charge < -0.3 is 5.11 Å². The van der Waals surface area contributed by atoms with Crippen LogP contribution in [0.15, 0.2) is 46.2 Å². The zero-order valence-corrected chi connectivity index (χ0v) is 9.99. The third kappa shape index (κ3) is 1.87. The summed E-state index contributed by atoms with van der Waals surface area (Å²) in [6, 6.07) is 6.27. The first kappa shape index (κ1) is 11.9. The Kier molecular flexibility index (Phi) is 2.81. The first-order valence-corrected chi connectivity index (χ1v) is 6.46. The van der Waals surface area contributed by atoms with E-state index in [0.717, 1.165) is 12.2 Å². The van der Waals surface area contributed by atoms with E-state index in [2.05, 4.69) is 0 Å². The molecule has 0 atom stereocenters. The van der Waals surface area contributed by atoms with Gasteiger partial charge in [-0.2, -0.15) is 0 Å². The highest BCUT2D eigenvalue weighted by Crippen LogP contribution is 2.41. The number of carbonyl (C=O) groups is 1. The van der Waals surface area contributed by atoms with E-state index in [4.69, 9.17) is 16.7 Å². The van der Waals surface area contributed by atoms with Crippen molar-refractivity contribution in [2.75, 3.05) is 0 Å². The molecule has 0 fully saturated rings. The molecule has 88 valence electrons. The number of rotatable bonds is 2. The third-order valence-electron chi connectivity index (χ3n) is 2.30. The van der Waals surface area contributed by atoms with Crippen LogP contribution in [-0.2, 0) is 14.6 Å². The van der Waals surface area contributed by atoms with Crippen LogP contribution >= 0.6 is 11.6 Å². The Morgan fingerprint density at radius 3 is 2.53 bits per heavy atom. The highest BCUT2D eigenvalue weighted by Gasteiger charge is 2.32. The van der Waals surface area contributed by atoms with Gasteiger partial charge in [0, 0.05) is 11.6 Å². The predicted octanol–water partition coefficient (Wildman–Crippen LogP) is 2.02. The average Bonchev–Trinajstić information content (AvgIpc) is 2.46. The molecule has 4 nitrogen and oxygen atoms in total. The first-order valence-electron chi connectivity index (χ1n) is 4.60. The van der Waals surface area contributed by atoms with Gasteiger partial charge >= 0.3 is 5.97 Å². The van der Waals surface area contributed by atoms with E-state index in [1.165, 1.54) is 6.07 Å². The molecule has 0 unspecified atom stereocenters. The van der Waals surface area contributed by atoms with Gasteiger partial charge in [-0.3, -0.25) is 0 Å². The maximum absolute atomic E-state index is 12.0. The minimum absolute atomic E-state index is 0.0538. The van der Waals surface area contributed by atoms with Crippen molar-refractivity contribution >= 4 is 32.4 Å². The van der Waals surface area contributed by atoms with Crippen LogP contribution in [0, 0.1) is 0 Å². The molecule has 0 radical (unpaired) electrons. The smallest absolute Gasteiger partial charge is 0.328 e. The number of carboxylic acid groups (broad SMARTS) is 1. The molecule has 2 rings (SSSR count). The molecule has 0 aliphatic carbocycles. The van der Waals surface area contributed by atoms with Crippen LogP contribution in [-0.4, -0.2) is 19.5 Å². The topological polar surface area (TPSA) is 71.4 Å².